The fourth-order valence-electron chi connectivity index (χ4n) is 2.30. The van der Waals surface area contributed by atoms with Crippen molar-refractivity contribution in [3.05, 3.63) is 58.4 Å². The second kappa shape index (κ2) is 6.92. The topological polar surface area (TPSA) is 34.2 Å². The lowest BCUT2D eigenvalue weighted by Gasteiger charge is -2.19. The number of nitrogens with one attached hydrogen (secondary N) is 1. The van der Waals surface area contributed by atoms with Gasteiger partial charge in [0.25, 0.3) is 0 Å². The Kier molecular flexibility index (Phi) is 5.21. The summed E-state index contributed by atoms with van der Waals surface area (Å²) in [6.07, 6.45) is 3.73. The molecule has 0 aliphatic heterocycles. The molecule has 4 heteroatoms. The van der Waals surface area contributed by atoms with Crippen molar-refractivity contribution in [2.75, 3.05) is 7.05 Å². The van der Waals surface area contributed by atoms with Gasteiger partial charge in [-0.3, -0.25) is 4.98 Å². The molecule has 112 valence electrons. The Morgan fingerprint density at radius 2 is 1.90 bits per heavy atom. The normalized spacial score (nSPS) is 12.5. The summed E-state index contributed by atoms with van der Waals surface area (Å²) in [4.78, 5) is 4.28. The van der Waals surface area contributed by atoms with Crippen LogP contribution in [-0.2, 0) is 0 Å². The van der Waals surface area contributed by atoms with Crippen molar-refractivity contribution >= 4 is 11.6 Å². The van der Waals surface area contributed by atoms with Crippen LogP contribution in [0.4, 0.5) is 0 Å². The van der Waals surface area contributed by atoms with Crippen molar-refractivity contribution in [1.29, 1.82) is 0 Å². The van der Waals surface area contributed by atoms with E-state index in [4.69, 9.17) is 16.3 Å². The third-order valence-electron chi connectivity index (χ3n) is 3.24. The van der Waals surface area contributed by atoms with E-state index in [1.54, 1.807) is 6.20 Å². The number of nitrogens with zero attached hydrogens (tertiary/aromatic N) is 1. The Balaban J connectivity index is 2.34. The van der Waals surface area contributed by atoms with Gasteiger partial charge in [-0.05, 0) is 56.6 Å². The van der Waals surface area contributed by atoms with Crippen LogP contribution in [0.25, 0.3) is 0 Å². The van der Waals surface area contributed by atoms with E-state index in [2.05, 4.69) is 16.4 Å². The Hall–Kier alpha value is -1.58. The molecule has 1 atom stereocenters. The lowest BCUT2D eigenvalue weighted by Crippen LogP contribution is -2.18. The quantitative estimate of drug-likeness (QED) is 0.901. The van der Waals surface area contributed by atoms with Gasteiger partial charge < -0.3 is 10.1 Å². The molecule has 2 rings (SSSR count). The van der Waals surface area contributed by atoms with Crippen LogP contribution in [0, 0.1) is 6.92 Å². The summed E-state index contributed by atoms with van der Waals surface area (Å²) >= 11 is 6.10. The first-order valence-corrected chi connectivity index (χ1v) is 7.44. The molecule has 1 N–H and O–H groups in total. The zero-order valence-electron chi connectivity index (χ0n) is 12.9. The second-order valence-corrected chi connectivity index (χ2v) is 5.76. The van der Waals surface area contributed by atoms with Gasteiger partial charge in [-0.25, -0.2) is 0 Å². The van der Waals surface area contributed by atoms with E-state index in [1.807, 2.05) is 52.2 Å². The molecule has 1 heterocycles. The van der Waals surface area contributed by atoms with Crippen LogP contribution in [0.2, 0.25) is 5.02 Å². The van der Waals surface area contributed by atoms with Gasteiger partial charge in [-0.1, -0.05) is 23.7 Å². The maximum atomic E-state index is 6.10. The van der Waals surface area contributed by atoms with Gasteiger partial charge in [0.2, 0.25) is 0 Å². The molecular weight excluding hydrogens is 284 g/mol. The number of hydrogen-bond acceptors (Lipinski definition) is 3. The van der Waals surface area contributed by atoms with Crippen LogP contribution >= 0.6 is 11.6 Å². The minimum absolute atomic E-state index is 0.0594. The zero-order valence-corrected chi connectivity index (χ0v) is 13.6. The first-order valence-electron chi connectivity index (χ1n) is 7.06. The van der Waals surface area contributed by atoms with Crippen LogP contribution in [-0.4, -0.2) is 18.1 Å². The van der Waals surface area contributed by atoms with E-state index in [9.17, 15) is 0 Å². The molecule has 21 heavy (non-hydrogen) atoms. The predicted octanol–water partition coefficient (Wildman–Crippen LogP) is 4.14. The molecule has 1 aromatic heterocycles. The molecule has 0 saturated carbocycles. The summed E-state index contributed by atoms with van der Waals surface area (Å²) in [6, 6.07) is 8.15. The minimum Gasteiger partial charge on any atom is -0.489 e. The summed E-state index contributed by atoms with van der Waals surface area (Å²) < 4.78 is 5.72. The van der Waals surface area contributed by atoms with Gasteiger partial charge in [0, 0.05) is 11.2 Å². The van der Waals surface area contributed by atoms with Crippen molar-refractivity contribution in [1.82, 2.24) is 10.3 Å². The summed E-state index contributed by atoms with van der Waals surface area (Å²) in [5.41, 5.74) is 3.29. The largest absolute Gasteiger partial charge is 0.489 e. The lowest BCUT2D eigenvalue weighted by atomic mass is 9.98. The summed E-state index contributed by atoms with van der Waals surface area (Å²) in [5.74, 6) is 0.786. The summed E-state index contributed by atoms with van der Waals surface area (Å²) in [6.45, 7) is 6.02. The van der Waals surface area contributed by atoms with Crippen molar-refractivity contribution in [3.8, 4) is 5.75 Å². The lowest BCUT2D eigenvalue weighted by molar-refractivity contribution is 0.241. The number of aromatic nitrogens is 1. The van der Waals surface area contributed by atoms with Gasteiger partial charge in [0.15, 0.2) is 0 Å². The van der Waals surface area contributed by atoms with E-state index in [1.165, 1.54) is 0 Å². The van der Waals surface area contributed by atoms with Crippen molar-refractivity contribution in [2.24, 2.45) is 0 Å². The van der Waals surface area contributed by atoms with E-state index < -0.39 is 0 Å². The van der Waals surface area contributed by atoms with E-state index in [0.717, 1.165) is 27.5 Å². The fourth-order valence-corrected chi connectivity index (χ4v) is 2.42. The van der Waals surface area contributed by atoms with Crippen molar-refractivity contribution < 1.29 is 4.74 Å². The predicted molar refractivity (Wildman–Crippen MR) is 87.1 cm³/mol. The van der Waals surface area contributed by atoms with Crippen LogP contribution in [0.3, 0.4) is 0 Å². The molecule has 0 bridgehead atoms. The second-order valence-electron chi connectivity index (χ2n) is 5.35. The highest BCUT2D eigenvalue weighted by Gasteiger charge is 2.14. The van der Waals surface area contributed by atoms with E-state index >= 15 is 0 Å². The highest BCUT2D eigenvalue weighted by atomic mass is 35.5. The third-order valence-corrected chi connectivity index (χ3v) is 3.67. The maximum Gasteiger partial charge on any atom is 0.138 e. The molecule has 0 saturated heterocycles. The van der Waals surface area contributed by atoms with Crippen LogP contribution in [0.5, 0.6) is 5.75 Å². The molecule has 0 aliphatic carbocycles. The molecule has 1 unspecified atom stereocenters. The number of hydrogen-bond donors (Lipinski definition) is 1. The molecule has 0 radical (unpaired) electrons. The van der Waals surface area contributed by atoms with Gasteiger partial charge in [0.1, 0.15) is 5.75 Å². The maximum absolute atomic E-state index is 6.10. The Morgan fingerprint density at radius 3 is 2.52 bits per heavy atom. The highest BCUT2D eigenvalue weighted by Crippen LogP contribution is 2.27. The Morgan fingerprint density at radius 1 is 1.14 bits per heavy atom. The van der Waals surface area contributed by atoms with Crippen LogP contribution in [0.1, 0.15) is 36.6 Å². The number of rotatable bonds is 5. The molecule has 2 aromatic rings. The SMILES string of the molecule is CNC(c1cncc(OC(C)C)c1)c1ccc(Cl)c(C)c1. The zero-order chi connectivity index (χ0) is 15.4. The van der Waals surface area contributed by atoms with Gasteiger partial charge in [0.05, 0.1) is 18.3 Å². The van der Waals surface area contributed by atoms with Gasteiger partial charge in [-0.2, -0.15) is 0 Å². The van der Waals surface area contributed by atoms with E-state index in [0.29, 0.717) is 0 Å². The van der Waals surface area contributed by atoms with Crippen molar-refractivity contribution in [2.45, 2.75) is 32.9 Å². The molecule has 0 amide bonds. The number of benzene rings is 1. The van der Waals surface area contributed by atoms with Crippen LogP contribution in [0.15, 0.2) is 36.7 Å². The smallest absolute Gasteiger partial charge is 0.138 e. The monoisotopic (exact) mass is 304 g/mol. The molecular formula is C17H21ClN2O. The number of ether oxygens (including phenoxy) is 1. The number of pyridine rings is 1. The molecule has 1 aromatic carbocycles. The molecule has 0 aliphatic rings. The first kappa shape index (κ1) is 15.8. The highest BCUT2D eigenvalue weighted by molar-refractivity contribution is 6.31. The average molecular weight is 305 g/mol. The number of aryl methyl sites for hydroxylation is 1. The van der Waals surface area contributed by atoms with Crippen molar-refractivity contribution in [3.63, 3.8) is 0 Å². The van der Waals surface area contributed by atoms with Gasteiger partial charge in [-0.15, -0.1) is 0 Å². The first-order chi connectivity index (χ1) is 10.0. The molecule has 0 spiro atoms. The standard InChI is InChI=1S/C17H21ClN2O/c1-11(2)21-15-8-14(9-20-10-15)17(19-4)13-5-6-16(18)12(3)7-13/h5-11,17,19H,1-4H3. The molecule has 3 nitrogen and oxygen atoms in total. The average Bonchev–Trinajstić information content (AvgIpc) is 2.43. The Bertz CT molecular complexity index is 613. The summed E-state index contributed by atoms with van der Waals surface area (Å²) in [7, 11) is 1.94. The molecule has 0 fully saturated rings. The third kappa shape index (κ3) is 3.96. The minimum atomic E-state index is 0.0594. The van der Waals surface area contributed by atoms with Gasteiger partial charge >= 0.3 is 0 Å². The Labute approximate surface area is 131 Å². The van der Waals surface area contributed by atoms with Crippen LogP contribution < -0.4 is 10.1 Å². The summed E-state index contributed by atoms with van der Waals surface area (Å²) in [5, 5.41) is 4.10. The number of halogens is 1. The van der Waals surface area contributed by atoms with E-state index in [-0.39, 0.29) is 12.1 Å². The fraction of sp³-hybridized carbons (Fsp3) is 0.353.